The van der Waals surface area contributed by atoms with Crippen molar-refractivity contribution in [3.05, 3.63) is 101 Å². The Kier molecular flexibility index (Phi) is 5.03. The second kappa shape index (κ2) is 8.22. The summed E-state index contributed by atoms with van der Waals surface area (Å²) >= 11 is 1.48. The van der Waals surface area contributed by atoms with Crippen molar-refractivity contribution in [2.24, 2.45) is 0 Å². The number of fused-ring (bicyclic) bond motifs is 3. The van der Waals surface area contributed by atoms with Crippen LogP contribution in [0.15, 0.2) is 83.5 Å². The quantitative estimate of drug-likeness (QED) is 0.384. The smallest absolute Gasteiger partial charge is 0.227 e. The van der Waals surface area contributed by atoms with Gasteiger partial charge in [-0.05, 0) is 53.8 Å². The highest BCUT2D eigenvalue weighted by molar-refractivity contribution is 7.98. The van der Waals surface area contributed by atoms with Crippen LogP contribution < -0.4 is 14.8 Å². The molecule has 0 unspecified atom stereocenters. The van der Waals surface area contributed by atoms with E-state index in [0.29, 0.717) is 11.1 Å². The predicted octanol–water partition coefficient (Wildman–Crippen LogP) is 5.71. The lowest BCUT2D eigenvalue weighted by atomic mass is 9.84. The molecule has 6 nitrogen and oxygen atoms in total. The van der Waals surface area contributed by atoms with Gasteiger partial charge in [0.2, 0.25) is 11.1 Å². The molecule has 1 N–H and O–H groups in total. The Balaban J connectivity index is 1.60. The molecule has 0 aliphatic carbocycles. The van der Waals surface area contributed by atoms with E-state index in [-0.39, 0.29) is 11.9 Å². The van der Waals surface area contributed by atoms with E-state index in [4.69, 9.17) is 14.6 Å². The van der Waals surface area contributed by atoms with Crippen LogP contribution in [-0.2, 0) is 0 Å². The van der Waals surface area contributed by atoms with Crippen molar-refractivity contribution < 1.29 is 13.9 Å². The zero-order valence-corrected chi connectivity index (χ0v) is 19.3. The van der Waals surface area contributed by atoms with E-state index in [9.17, 15) is 4.39 Å². The minimum absolute atomic E-state index is 0.285. The normalized spacial score (nSPS) is 18.3. The van der Waals surface area contributed by atoms with Gasteiger partial charge in [0.1, 0.15) is 29.5 Å². The van der Waals surface area contributed by atoms with Gasteiger partial charge in [-0.15, -0.1) is 5.10 Å². The van der Waals surface area contributed by atoms with Crippen molar-refractivity contribution in [1.82, 2.24) is 14.8 Å². The maximum absolute atomic E-state index is 13.9. The zero-order chi connectivity index (χ0) is 23.2. The monoisotopic (exact) mass is 472 g/mol. The molecule has 2 aliphatic heterocycles. The Morgan fingerprint density at radius 1 is 1.00 bits per heavy atom. The van der Waals surface area contributed by atoms with Gasteiger partial charge in [-0.3, -0.25) is 0 Å². The maximum Gasteiger partial charge on any atom is 0.227 e. The first-order valence-electron chi connectivity index (χ1n) is 10.8. The van der Waals surface area contributed by atoms with E-state index >= 15 is 0 Å². The first-order chi connectivity index (χ1) is 16.7. The molecule has 0 saturated heterocycles. The number of methoxy groups -OCH3 is 1. The Morgan fingerprint density at radius 2 is 1.74 bits per heavy atom. The van der Waals surface area contributed by atoms with Crippen LogP contribution in [0.4, 0.5) is 10.3 Å². The van der Waals surface area contributed by atoms with Crippen molar-refractivity contribution in [3.8, 4) is 11.5 Å². The van der Waals surface area contributed by atoms with Crippen LogP contribution in [0.25, 0.3) is 5.70 Å². The standard InChI is InChI=1S/C26H21FN4O2S/c1-32-18-13-9-16(10-14-18)24-21-22(19-5-3-4-6-20(19)33-24)28-25-29-26(34-2)30-31(25)23(21)15-7-11-17(27)12-8-15/h3-14,23-24H,1-2H3,(H,28,29,30)/t23-,24+/m1/s1. The molecule has 1 aromatic heterocycles. The summed E-state index contributed by atoms with van der Waals surface area (Å²) in [5.74, 6) is 1.91. The lowest BCUT2D eigenvalue weighted by Gasteiger charge is -2.38. The first-order valence-corrected chi connectivity index (χ1v) is 12.1. The molecule has 0 saturated carbocycles. The van der Waals surface area contributed by atoms with E-state index < -0.39 is 6.10 Å². The van der Waals surface area contributed by atoms with E-state index in [2.05, 4.69) is 10.3 Å². The fourth-order valence-electron chi connectivity index (χ4n) is 4.56. The highest BCUT2D eigenvalue weighted by Crippen LogP contribution is 2.50. The number of halogens is 1. The van der Waals surface area contributed by atoms with Gasteiger partial charge in [-0.25, -0.2) is 9.07 Å². The molecule has 0 spiro atoms. The molecular weight excluding hydrogens is 451 g/mol. The molecule has 8 heteroatoms. The topological polar surface area (TPSA) is 61.2 Å². The summed E-state index contributed by atoms with van der Waals surface area (Å²) in [5.41, 5.74) is 4.75. The zero-order valence-electron chi connectivity index (χ0n) is 18.5. The summed E-state index contributed by atoms with van der Waals surface area (Å²) in [7, 11) is 1.65. The third kappa shape index (κ3) is 3.33. The molecule has 0 amide bonds. The summed E-state index contributed by atoms with van der Waals surface area (Å²) < 4.78 is 27.7. The van der Waals surface area contributed by atoms with Crippen LogP contribution in [0, 0.1) is 5.82 Å². The summed E-state index contributed by atoms with van der Waals surface area (Å²) in [5, 5.41) is 8.93. The van der Waals surface area contributed by atoms with Gasteiger partial charge in [-0.2, -0.15) is 4.98 Å². The van der Waals surface area contributed by atoms with Gasteiger partial charge in [-0.1, -0.05) is 48.2 Å². The Hall–Kier alpha value is -3.78. The van der Waals surface area contributed by atoms with E-state index in [1.54, 1.807) is 19.2 Å². The van der Waals surface area contributed by atoms with Crippen LogP contribution in [0.5, 0.6) is 11.5 Å². The summed E-state index contributed by atoms with van der Waals surface area (Å²) in [6.07, 6.45) is 1.55. The number of nitrogens with zero attached hydrogens (tertiary/aromatic N) is 3. The minimum Gasteiger partial charge on any atom is -0.497 e. The van der Waals surface area contributed by atoms with Gasteiger partial charge in [0.25, 0.3) is 0 Å². The highest BCUT2D eigenvalue weighted by atomic mass is 32.2. The van der Waals surface area contributed by atoms with E-state index in [1.807, 2.05) is 59.5 Å². The van der Waals surface area contributed by atoms with Crippen LogP contribution in [0.3, 0.4) is 0 Å². The molecular formula is C26H21FN4O2S. The molecule has 3 heterocycles. The van der Waals surface area contributed by atoms with Gasteiger partial charge in [0.15, 0.2) is 0 Å². The van der Waals surface area contributed by atoms with Gasteiger partial charge in [0, 0.05) is 11.1 Å². The second-order valence-electron chi connectivity index (χ2n) is 8.04. The summed E-state index contributed by atoms with van der Waals surface area (Å²) in [6.45, 7) is 0. The van der Waals surface area contributed by atoms with Crippen molar-refractivity contribution in [3.63, 3.8) is 0 Å². The van der Waals surface area contributed by atoms with Gasteiger partial charge in [0.05, 0.1) is 12.8 Å². The number of rotatable bonds is 4. The third-order valence-electron chi connectivity index (χ3n) is 6.15. The van der Waals surface area contributed by atoms with Crippen LogP contribution in [-0.4, -0.2) is 28.1 Å². The number of benzene rings is 3. The second-order valence-corrected chi connectivity index (χ2v) is 8.82. The average molecular weight is 473 g/mol. The van der Waals surface area contributed by atoms with Crippen molar-refractivity contribution >= 4 is 23.4 Å². The minimum atomic E-state index is -0.395. The number of nitrogens with one attached hydrogen (secondary N) is 1. The lowest BCUT2D eigenvalue weighted by Crippen LogP contribution is -2.32. The third-order valence-corrected chi connectivity index (χ3v) is 6.69. The maximum atomic E-state index is 13.9. The Bertz CT molecular complexity index is 1400. The molecule has 0 radical (unpaired) electrons. The molecule has 34 heavy (non-hydrogen) atoms. The van der Waals surface area contributed by atoms with E-state index in [1.165, 1.54) is 23.9 Å². The number of hydrogen-bond donors (Lipinski definition) is 1. The number of para-hydroxylation sites is 1. The number of anilines is 1. The predicted molar refractivity (Wildman–Crippen MR) is 130 cm³/mol. The van der Waals surface area contributed by atoms with Crippen molar-refractivity contribution in [2.45, 2.75) is 17.3 Å². The molecule has 0 fully saturated rings. The molecule has 4 aromatic rings. The van der Waals surface area contributed by atoms with E-state index in [0.717, 1.165) is 39.5 Å². The Labute approximate surface area is 200 Å². The largest absolute Gasteiger partial charge is 0.497 e. The number of aromatic nitrogens is 3. The average Bonchev–Trinajstić information content (AvgIpc) is 3.30. The lowest BCUT2D eigenvalue weighted by molar-refractivity contribution is 0.222. The van der Waals surface area contributed by atoms with Crippen LogP contribution in [0.1, 0.15) is 28.8 Å². The number of thioether (sulfide) groups is 1. The number of hydrogen-bond acceptors (Lipinski definition) is 6. The SMILES string of the molecule is COc1ccc([C@@H]2Oc3ccccc3C3=C2[C@@H](c2ccc(F)cc2)n2nc(SC)nc2N3)cc1. The van der Waals surface area contributed by atoms with Crippen LogP contribution >= 0.6 is 11.8 Å². The number of ether oxygens (including phenoxy) is 2. The molecule has 0 bridgehead atoms. The van der Waals surface area contributed by atoms with Gasteiger partial charge < -0.3 is 14.8 Å². The summed E-state index contributed by atoms with van der Waals surface area (Å²) in [4.78, 5) is 4.69. The van der Waals surface area contributed by atoms with Gasteiger partial charge >= 0.3 is 0 Å². The highest BCUT2D eigenvalue weighted by Gasteiger charge is 2.41. The first kappa shape index (κ1) is 20.8. The fourth-order valence-corrected chi connectivity index (χ4v) is 4.91. The van der Waals surface area contributed by atoms with Crippen molar-refractivity contribution in [1.29, 1.82) is 0 Å². The molecule has 6 rings (SSSR count). The van der Waals surface area contributed by atoms with Crippen LogP contribution in [0.2, 0.25) is 0 Å². The van der Waals surface area contributed by atoms with Crippen molar-refractivity contribution in [2.75, 3.05) is 18.7 Å². The fraction of sp³-hybridized carbons (Fsp3) is 0.154. The Morgan fingerprint density at radius 3 is 2.47 bits per heavy atom. The molecule has 2 aliphatic rings. The molecule has 170 valence electrons. The summed E-state index contributed by atoms with van der Waals surface area (Å²) in [6, 6.07) is 22.0. The molecule has 2 atom stereocenters. The molecule has 3 aromatic carbocycles.